The van der Waals surface area contributed by atoms with Crippen molar-refractivity contribution in [3.05, 3.63) is 46.9 Å². The minimum atomic E-state index is 0.789. The smallest absolute Gasteiger partial charge is 0.132 e. The lowest BCUT2D eigenvalue weighted by atomic mass is 10.2. The lowest BCUT2D eigenvalue weighted by Crippen LogP contribution is -2.46. The molecule has 1 fully saturated rings. The second-order valence-corrected chi connectivity index (χ2v) is 5.81. The van der Waals surface area contributed by atoms with Gasteiger partial charge in [0.15, 0.2) is 0 Å². The van der Waals surface area contributed by atoms with Gasteiger partial charge < -0.3 is 9.80 Å². The Hall–Kier alpha value is -1.81. The molecule has 2 heterocycles. The zero-order valence-corrected chi connectivity index (χ0v) is 13.1. The van der Waals surface area contributed by atoms with Gasteiger partial charge in [-0.2, -0.15) is 0 Å². The third-order valence-corrected chi connectivity index (χ3v) is 3.96. The van der Waals surface area contributed by atoms with Gasteiger partial charge in [-0.1, -0.05) is 17.7 Å². The van der Waals surface area contributed by atoms with Gasteiger partial charge >= 0.3 is 0 Å². The molecule has 1 aliphatic heterocycles. The van der Waals surface area contributed by atoms with Crippen molar-refractivity contribution >= 4 is 23.1 Å². The summed E-state index contributed by atoms with van der Waals surface area (Å²) in [6.45, 7) is 7.83. The molecule has 1 saturated heterocycles. The molecule has 0 amide bonds. The molecule has 0 spiro atoms. The predicted molar refractivity (Wildman–Crippen MR) is 87.4 cm³/mol. The second-order valence-electron chi connectivity index (χ2n) is 5.37. The average molecular weight is 303 g/mol. The number of benzene rings is 1. The van der Waals surface area contributed by atoms with Crippen molar-refractivity contribution < 1.29 is 0 Å². The molecular weight excluding hydrogens is 284 g/mol. The molecule has 0 radical (unpaired) electrons. The number of nitrogens with zero attached hydrogens (tertiary/aromatic N) is 4. The summed E-state index contributed by atoms with van der Waals surface area (Å²) < 4.78 is 0. The van der Waals surface area contributed by atoms with Crippen LogP contribution in [-0.4, -0.2) is 36.1 Å². The van der Waals surface area contributed by atoms with Gasteiger partial charge in [0.2, 0.25) is 0 Å². The van der Waals surface area contributed by atoms with Gasteiger partial charge in [0.1, 0.15) is 11.6 Å². The van der Waals surface area contributed by atoms with Crippen molar-refractivity contribution in [3.63, 3.8) is 0 Å². The Morgan fingerprint density at radius 2 is 1.67 bits per heavy atom. The van der Waals surface area contributed by atoms with E-state index in [0.717, 1.165) is 48.5 Å². The Morgan fingerprint density at radius 3 is 2.33 bits per heavy atom. The van der Waals surface area contributed by atoms with Crippen LogP contribution in [0.2, 0.25) is 5.02 Å². The molecule has 0 atom stereocenters. The van der Waals surface area contributed by atoms with Crippen LogP contribution < -0.4 is 9.80 Å². The first-order chi connectivity index (χ1) is 10.1. The fourth-order valence-electron chi connectivity index (χ4n) is 2.73. The normalized spacial score (nSPS) is 15.4. The highest BCUT2D eigenvalue weighted by Gasteiger charge is 2.19. The summed E-state index contributed by atoms with van der Waals surface area (Å²) in [4.78, 5) is 13.6. The Balaban J connectivity index is 1.70. The maximum Gasteiger partial charge on any atom is 0.132 e. The number of piperazine rings is 1. The minimum absolute atomic E-state index is 0.789. The lowest BCUT2D eigenvalue weighted by Gasteiger charge is -2.36. The number of aryl methyl sites for hydroxylation is 2. The number of aromatic nitrogens is 2. The highest BCUT2D eigenvalue weighted by molar-refractivity contribution is 6.30. The zero-order valence-electron chi connectivity index (χ0n) is 12.4. The molecule has 1 aliphatic rings. The van der Waals surface area contributed by atoms with Crippen LogP contribution in [0, 0.1) is 13.8 Å². The van der Waals surface area contributed by atoms with E-state index >= 15 is 0 Å². The van der Waals surface area contributed by atoms with Crippen molar-refractivity contribution in [3.8, 4) is 0 Å². The van der Waals surface area contributed by atoms with Gasteiger partial charge in [-0.15, -0.1) is 0 Å². The predicted octanol–water partition coefficient (Wildman–Crippen LogP) is 3.07. The molecule has 0 bridgehead atoms. The molecule has 21 heavy (non-hydrogen) atoms. The molecule has 0 aliphatic carbocycles. The number of rotatable bonds is 2. The van der Waals surface area contributed by atoms with Crippen molar-refractivity contribution in [1.82, 2.24) is 9.97 Å². The third kappa shape index (κ3) is 3.27. The van der Waals surface area contributed by atoms with E-state index in [9.17, 15) is 0 Å². The monoisotopic (exact) mass is 302 g/mol. The van der Waals surface area contributed by atoms with Crippen LogP contribution >= 0.6 is 11.6 Å². The minimum Gasteiger partial charge on any atom is -0.368 e. The molecular formula is C16H19ClN4. The van der Waals surface area contributed by atoms with E-state index in [1.54, 1.807) is 0 Å². The van der Waals surface area contributed by atoms with Crippen LogP contribution in [0.5, 0.6) is 0 Å². The highest BCUT2D eigenvalue weighted by atomic mass is 35.5. The van der Waals surface area contributed by atoms with Crippen molar-refractivity contribution in [2.24, 2.45) is 0 Å². The maximum absolute atomic E-state index is 6.07. The first kappa shape index (κ1) is 14.1. The summed E-state index contributed by atoms with van der Waals surface area (Å²) in [6, 6.07) is 10.1. The molecule has 1 aromatic carbocycles. The van der Waals surface area contributed by atoms with E-state index in [2.05, 4.69) is 31.9 Å². The van der Waals surface area contributed by atoms with Crippen LogP contribution in [0.4, 0.5) is 11.5 Å². The lowest BCUT2D eigenvalue weighted by molar-refractivity contribution is 0.645. The average Bonchev–Trinajstić information content (AvgIpc) is 2.46. The first-order valence-corrected chi connectivity index (χ1v) is 7.57. The number of hydrogen-bond donors (Lipinski definition) is 0. The second kappa shape index (κ2) is 5.90. The van der Waals surface area contributed by atoms with Crippen molar-refractivity contribution in [1.29, 1.82) is 0 Å². The summed E-state index contributed by atoms with van der Waals surface area (Å²) in [7, 11) is 0. The topological polar surface area (TPSA) is 32.3 Å². The molecule has 3 rings (SSSR count). The zero-order chi connectivity index (χ0) is 14.8. The Morgan fingerprint density at radius 1 is 0.952 bits per heavy atom. The van der Waals surface area contributed by atoms with E-state index in [-0.39, 0.29) is 0 Å². The summed E-state index contributed by atoms with van der Waals surface area (Å²) in [5.74, 6) is 1.87. The van der Waals surface area contributed by atoms with E-state index < -0.39 is 0 Å². The molecule has 1 aromatic heterocycles. The molecule has 2 aromatic rings. The third-order valence-electron chi connectivity index (χ3n) is 3.73. The molecule has 0 N–H and O–H groups in total. The van der Waals surface area contributed by atoms with Crippen molar-refractivity contribution in [2.75, 3.05) is 36.0 Å². The van der Waals surface area contributed by atoms with E-state index in [4.69, 9.17) is 11.6 Å². The molecule has 110 valence electrons. The van der Waals surface area contributed by atoms with Gasteiger partial charge in [0.25, 0.3) is 0 Å². The fraction of sp³-hybridized carbons (Fsp3) is 0.375. The summed E-state index contributed by atoms with van der Waals surface area (Å²) in [6.07, 6.45) is 0. The standard InChI is InChI=1S/C16H19ClN4/c1-12-10-16(19-13(2)18-12)21-8-6-20(7-9-21)15-5-3-4-14(17)11-15/h3-5,10-11H,6-9H2,1-2H3. The fourth-order valence-corrected chi connectivity index (χ4v) is 2.91. The summed E-state index contributed by atoms with van der Waals surface area (Å²) >= 11 is 6.07. The number of hydrogen-bond acceptors (Lipinski definition) is 4. The summed E-state index contributed by atoms with van der Waals surface area (Å²) in [5, 5.41) is 0.789. The highest BCUT2D eigenvalue weighted by Crippen LogP contribution is 2.22. The Bertz CT molecular complexity index is 616. The van der Waals surface area contributed by atoms with E-state index in [1.807, 2.05) is 32.0 Å². The van der Waals surface area contributed by atoms with Gasteiger partial charge in [0, 0.05) is 48.6 Å². The Kier molecular flexibility index (Phi) is 3.97. The van der Waals surface area contributed by atoms with Crippen LogP contribution in [0.15, 0.2) is 30.3 Å². The first-order valence-electron chi connectivity index (χ1n) is 7.19. The van der Waals surface area contributed by atoms with Gasteiger partial charge in [0.05, 0.1) is 0 Å². The molecule has 4 nitrogen and oxygen atoms in total. The quantitative estimate of drug-likeness (QED) is 0.853. The van der Waals surface area contributed by atoms with Gasteiger partial charge in [-0.25, -0.2) is 9.97 Å². The maximum atomic E-state index is 6.07. The van der Waals surface area contributed by atoms with E-state index in [0.29, 0.717) is 0 Å². The summed E-state index contributed by atoms with van der Waals surface area (Å²) in [5.41, 5.74) is 2.21. The van der Waals surface area contributed by atoms with Crippen LogP contribution in [0.1, 0.15) is 11.5 Å². The number of anilines is 2. The molecule has 0 saturated carbocycles. The Labute approximate surface area is 130 Å². The largest absolute Gasteiger partial charge is 0.368 e. The number of halogens is 1. The van der Waals surface area contributed by atoms with Gasteiger partial charge in [-0.3, -0.25) is 0 Å². The van der Waals surface area contributed by atoms with Crippen LogP contribution in [0.3, 0.4) is 0 Å². The molecule has 5 heteroatoms. The SMILES string of the molecule is Cc1cc(N2CCN(c3cccc(Cl)c3)CC2)nc(C)n1. The van der Waals surface area contributed by atoms with Crippen LogP contribution in [-0.2, 0) is 0 Å². The van der Waals surface area contributed by atoms with E-state index in [1.165, 1.54) is 5.69 Å². The molecule has 0 unspecified atom stereocenters. The van der Waals surface area contributed by atoms with Crippen molar-refractivity contribution in [2.45, 2.75) is 13.8 Å². The van der Waals surface area contributed by atoms with Gasteiger partial charge in [-0.05, 0) is 32.0 Å². The van der Waals surface area contributed by atoms with Crippen LogP contribution in [0.25, 0.3) is 0 Å².